The Labute approximate surface area is 166 Å². The van der Waals surface area contributed by atoms with Gasteiger partial charge < -0.3 is 4.90 Å². The summed E-state index contributed by atoms with van der Waals surface area (Å²) in [7, 11) is 0. The first kappa shape index (κ1) is 18.4. The van der Waals surface area contributed by atoms with Gasteiger partial charge in [0.05, 0.1) is 0 Å². The maximum Gasteiger partial charge on any atom is 0.222 e. The molecule has 1 amide bonds. The van der Waals surface area contributed by atoms with Crippen LogP contribution in [0.2, 0.25) is 0 Å². The van der Waals surface area contributed by atoms with Crippen molar-refractivity contribution in [1.82, 2.24) is 19.7 Å². The predicted octanol–water partition coefficient (Wildman–Crippen LogP) is 3.67. The van der Waals surface area contributed by atoms with Crippen LogP contribution >= 0.6 is 0 Å². The SMILES string of the molecule is O=C(CCCn1cncn1)N1CCCC(c2ccccc2)(c2ccccc2)C1. The minimum absolute atomic E-state index is 0.137. The summed E-state index contributed by atoms with van der Waals surface area (Å²) in [6.07, 6.45) is 6.62. The summed E-state index contributed by atoms with van der Waals surface area (Å²) >= 11 is 0. The molecule has 0 unspecified atom stereocenters. The van der Waals surface area contributed by atoms with Gasteiger partial charge in [-0.1, -0.05) is 60.7 Å². The fourth-order valence-electron chi connectivity index (χ4n) is 4.32. The third-order valence-corrected chi connectivity index (χ3v) is 5.74. The van der Waals surface area contributed by atoms with Crippen LogP contribution in [0.1, 0.15) is 36.8 Å². The quantitative estimate of drug-likeness (QED) is 0.661. The highest BCUT2D eigenvalue weighted by Gasteiger charge is 2.39. The zero-order valence-electron chi connectivity index (χ0n) is 16.1. The number of aryl methyl sites for hydroxylation is 1. The molecule has 1 saturated heterocycles. The van der Waals surface area contributed by atoms with E-state index in [0.717, 1.165) is 38.9 Å². The molecule has 28 heavy (non-hydrogen) atoms. The Morgan fingerprint density at radius 3 is 2.29 bits per heavy atom. The number of aromatic nitrogens is 3. The van der Waals surface area contributed by atoms with Gasteiger partial charge in [0.2, 0.25) is 5.91 Å². The maximum atomic E-state index is 13.0. The Balaban J connectivity index is 1.52. The molecule has 0 bridgehead atoms. The van der Waals surface area contributed by atoms with Crippen molar-refractivity contribution in [2.75, 3.05) is 13.1 Å². The largest absolute Gasteiger partial charge is 0.341 e. The minimum atomic E-state index is -0.137. The number of piperidine rings is 1. The van der Waals surface area contributed by atoms with Crippen LogP contribution in [-0.2, 0) is 16.8 Å². The van der Waals surface area contributed by atoms with E-state index in [1.54, 1.807) is 11.0 Å². The third kappa shape index (κ3) is 3.84. The van der Waals surface area contributed by atoms with Crippen molar-refractivity contribution >= 4 is 5.91 Å². The summed E-state index contributed by atoms with van der Waals surface area (Å²) in [4.78, 5) is 19.0. The molecule has 2 aromatic carbocycles. The number of hydrogen-bond donors (Lipinski definition) is 0. The molecular weight excluding hydrogens is 348 g/mol. The van der Waals surface area contributed by atoms with E-state index in [-0.39, 0.29) is 11.3 Å². The smallest absolute Gasteiger partial charge is 0.222 e. The zero-order valence-corrected chi connectivity index (χ0v) is 16.1. The predicted molar refractivity (Wildman–Crippen MR) is 109 cm³/mol. The van der Waals surface area contributed by atoms with Crippen molar-refractivity contribution in [1.29, 1.82) is 0 Å². The molecule has 4 rings (SSSR count). The highest BCUT2D eigenvalue weighted by atomic mass is 16.2. The molecule has 0 N–H and O–H groups in total. The topological polar surface area (TPSA) is 51.0 Å². The summed E-state index contributed by atoms with van der Waals surface area (Å²) in [5.74, 6) is 0.232. The van der Waals surface area contributed by atoms with Crippen molar-refractivity contribution in [3.63, 3.8) is 0 Å². The summed E-state index contributed by atoms with van der Waals surface area (Å²) in [6, 6.07) is 21.3. The average Bonchev–Trinajstić information content (AvgIpc) is 3.28. The Morgan fingerprint density at radius 1 is 1.00 bits per heavy atom. The fraction of sp³-hybridized carbons (Fsp3) is 0.348. The van der Waals surface area contributed by atoms with Gasteiger partial charge in [-0.05, 0) is 30.4 Å². The van der Waals surface area contributed by atoms with Gasteiger partial charge in [-0.15, -0.1) is 0 Å². The average molecular weight is 374 g/mol. The number of hydrogen-bond acceptors (Lipinski definition) is 3. The zero-order chi connectivity index (χ0) is 19.2. The van der Waals surface area contributed by atoms with Crippen LogP contribution in [0, 0.1) is 0 Å². The number of carbonyl (C=O) groups is 1. The lowest BCUT2D eigenvalue weighted by atomic mass is 9.69. The molecule has 1 fully saturated rings. The summed E-state index contributed by atoms with van der Waals surface area (Å²) in [5.41, 5.74) is 2.45. The molecule has 0 spiro atoms. The van der Waals surface area contributed by atoms with Crippen LogP contribution < -0.4 is 0 Å². The third-order valence-electron chi connectivity index (χ3n) is 5.74. The van der Waals surface area contributed by atoms with Gasteiger partial charge in [0.1, 0.15) is 12.7 Å². The van der Waals surface area contributed by atoms with Crippen LogP contribution in [0.25, 0.3) is 0 Å². The van der Waals surface area contributed by atoms with Gasteiger partial charge in [-0.2, -0.15) is 5.10 Å². The van der Waals surface area contributed by atoms with Crippen LogP contribution in [0.5, 0.6) is 0 Å². The number of benzene rings is 2. The van der Waals surface area contributed by atoms with E-state index in [2.05, 4.69) is 75.6 Å². The Kier molecular flexibility index (Phi) is 5.51. The molecule has 1 aromatic heterocycles. The highest BCUT2D eigenvalue weighted by Crippen LogP contribution is 2.40. The van der Waals surface area contributed by atoms with Crippen molar-refractivity contribution in [3.8, 4) is 0 Å². The lowest BCUT2D eigenvalue weighted by Gasteiger charge is -2.44. The molecule has 5 nitrogen and oxygen atoms in total. The summed E-state index contributed by atoms with van der Waals surface area (Å²) in [6.45, 7) is 2.30. The standard InChI is InChI=1S/C23H26N4O/c28-22(13-7-16-27-19-24-18-25-27)26-15-8-14-23(17-26,20-9-3-1-4-10-20)21-11-5-2-6-12-21/h1-6,9-12,18-19H,7-8,13-17H2. The van der Waals surface area contributed by atoms with Gasteiger partial charge in [0, 0.05) is 31.5 Å². The molecule has 144 valence electrons. The second-order valence-electron chi connectivity index (χ2n) is 7.50. The van der Waals surface area contributed by atoms with E-state index in [1.165, 1.54) is 17.5 Å². The van der Waals surface area contributed by atoms with Crippen molar-refractivity contribution in [3.05, 3.63) is 84.4 Å². The molecule has 0 aliphatic carbocycles. The Morgan fingerprint density at radius 2 is 1.68 bits per heavy atom. The molecule has 1 aliphatic heterocycles. The number of carbonyl (C=O) groups excluding carboxylic acids is 1. The van der Waals surface area contributed by atoms with Crippen LogP contribution in [0.3, 0.4) is 0 Å². The van der Waals surface area contributed by atoms with Crippen molar-refractivity contribution < 1.29 is 4.79 Å². The summed E-state index contributed by atoms with van der Waals surface area (Å²) < 4.78 is 1.78. The molecule has 0 radical (unpaired) electrons. The number of rotatable bonds is 6. The number of amides is 1. The number of likely N-dealkylation sites (tertiary alicyclic amines) is 1. The van der Waals surface area contributed by atoms with E-state index < -0.39 is 0 Å². The van der Waals surface area contributed by atoms with E-state index in [4.69, 9.17) is 0 Å². The van der Waals surface area contributed by atoms with E-state index in [9.17, 15) is 4.79 Å². The highest BCUT2D eigenvalue weighted by molar-refractivity contribution is 5.76. The molecule has 2 heterocycles. The summed E-state index contributed by atoms with van der Waals surface area (Å²) in [5, 5.41) is 4.11. The maximum absolute atomic E-state index is 13.0. The van der Waals surface area contributed by atoms with Crippen LogP contribution in [0.15, 0.2) is 73.3 Å². The molecule has 1 aliphatic rings. The van der Waals surface area contributed by atoms with Gasteiger partial charge in [0.15, 0.2) is 0 Å². The normalized spacial score (nSPS) is 16.1. The lowest BCUT2D eigenvalue weighted by Crippen LogP contribution is -2.49. The number of nitrogens with zero attached hydrogens (tertiary/aromatic N) is 4. The first-order valence-electron chi connectivity index (χ1n) is 9.99. The van der Waals surface area contributed by atoms with Gasteiger partial charge >= 0.3 is 0 Å². The monoisotopic (exact) mass is 374 g/mol. The van der Waals surface area contributed by atoms with Crippen molar-refractivity contribution in [2.45, 2.75) is 37.6 Å². The van der Waals surface area contributed by atoms with Gasteiger partial charge in [0.25, 0.3) is 0 Å². The second kappa shape index (κ2) is 8.38. The molecule has 0 saturated carbocycles. The second-order valence-corrected chi connectivity index (χ2v) is 7.50. The first-order valence-corrected chi connectivity index (χ1v) is 9.99. The fourth-order valence-corrected chi connectivity index (χ4v) is 4.32. The Hall–Kier alpha value is -2.95. The van der Waals surface area contributed by atoms with E-state index in [1.807, 2.05) is 0 Å². The van der Waals surface area contributed by atoms with Crippen molar-refractivity contribution in [2.24, 2.45) is 0 Å². The Bertz CT molecular complexity index is 838. The minimum Gasteiger partial charge on any atom is -0.341 e. The van der Waals surface area contributed by atoms with Crippen LogP contribution in [0.4, 0.5) is 0 Å². The molecule has 0 atom stereocenters. The van der Waals surface area contributed by atoms with Gasteiger partial charge in [-0.3, -0.25) is 9.48 Å². The van der Waals surface area contributed by atoms with Gasteiger partial charge in [-0.25, -0.2) is 4.98 Å². The lowest BCUT2D eigenvalue weighted by molar-refractivity contribution is -0.133. The molecular formula is C23H26N4O. The van der Waals surface area contributed by atoms with E-state index >= 15 is 0 Å². The first-order chi connectivity index (χ1) is 13.8. The molecule has 5 heteroatoms. The molecule has 3 aromatic rings. The van der Waals surface area contributed by atoms with E-state index in [0.29, 0.717) is 6.42 Å². The van der Waals surface area contributed by atoms with Crippen LogP contribution in [-0.4, -0.2) is 38.7 Å².